The molecule has 0 unspecified atom stereocenters. The number of aryl methyl sites for hydroxylation is 1. The molecule has 2 aliphatic rings. The molecule has 23 heavy (non-hydrogen) atoms. The van der Waals surface area contributed by atoms with Crippen molar-refractivity contribution in [3.8, 4) is 0 Å². The van der Waals surface area contributed by atoms with Gasteiger partial charge >= 0.3 is 0 Å². The van der Waals surface area contributed by atoms with E-state index in [-0.39, 0.29) is 0 Å². The summed E-state index contributed by atoms with van der Waals surface area (Å²) in [5.74, 6) is 0.783. The first-order valence-electron chi connectivity index (χ1n) is 8.94. The summed E-state index contributed by atoms with van der Waals surface area (Å²) in [6.07, 6.45) is 8.31. The zero-order chi connectivity index (χ0) is 15.6. The molecule has 1 atom stereocenters. The first kappa shape index (κ1) is 15.1. The lowest BCUT2D eigenvalue weighted by Gasteiger charge is -2.38. The third kappa shape index (κ3) is 3.26. The molecule has 0 amide bonds. The van der Waals surface area contributed by atoms with Crippen molar-refractivity contribution in [2.24, 2.45) is 5.92 Å². The fourth-order valence-corrected chi connectivity index (χ4v) is 4.00. The number of hydrogen-bond donors (Lipinski definition) is 0. The van der Waals surface area contributed by atoms with E-state index in [2.05, 4.69) is 28.3 Å². The Bertz CT molecular complexity index is 662. The van der Waals surface area contributed by atoms with Crippen molar-refractivity contribution in [1.82, 2.24) is 19.5 Å². The molecule has 0 radical (unpaired) electrons. The van der Waals surface area contributed by atoms with Crippen LogP contribution in [0.5, 0.6) is 0 Å². The van der Waals surface area contributed by atoms with E-state index in [0.717, 1.165) is 30.5 Å². The number of fused-ring (bicyclic) bond motifs is 1. The highest BCUT2D eigenvalue weighted by Crippen LogP contribution is 2.32. The van der Waals surface area contributed by atoms with Gasteiger partial charge in [-0.25, -0.2) is 9.50 Å². The van der Waals surface area contributed by atoms with Crippen LogP contribution in [-0.2, 0) is 4.74 Å². The highest BCUT2D eigenvalue weighted by Gasteiger charge is 2.28. The minimum Gasteiger partial charge on any atom is -0.381 e. The van der Waals surface area contributed by atoms with Gasteiger partial charge < -0.3 is 4.74 Å². The Morgan fingerprint density at radius 2 is 2.09 bits per heavy atom. The molecule has 2 aromatic heterocycles. The molecular formula is C18H26N4O. The molecule has 0 saturated carbocycles. The second kappa shape index (κ2) is 6.57. The van der Waals surface area contributed by atoms with E-state index in [0.29, 0.717) is 6.04 Å². The van der Waals surface area contributed by atoms with Crippen LogP contribution in [0, 0.1) is 12.8 Å². The number of ether oxygens (including phenoxy) is 1. The van der Waals surface area contributed by atoms with Gasteiger partial charge in [0.05, 0.1) is 17.4 Å². The predicted octanol–water partition coefficient (Wildman–Crippen LogP) is 2.99. The lowest BCUT2D eigenvalue weighted by atomic mass is 9.94. The molecule has 5 nitrogen and oxygen atoms in total. The van der Waals surface area contributed by atoms with Gasteiger partial charge in [0.1, 0.15) is 0 Å². The topological polar surface area (TPSA) is 42.7 Å². The summed E-state index contributed by atoms with van der Waals surface area (Å²) in [5.41, 5.74) is 3.21. The number of rotatable bonds is 3. The van der Waals surface area contributed by atoms with Crippen molar-refractivity contribution in [2.75, 3.05) is 26.3 Å². The third-order valence-electron chi connectivity index (χ3n) is 5.26. The van der Waals surface area contributed by atoms with Gasteiger partial charge in [0, 0.05) is 32.0 Å². The average molecular weight is 314 g/mol. The fraction of sp³-hybridized carbons (Fsp3) is 0.667. The van der Waals surface area contributed by atoms with Crippen LogP contribution in [0.2, 0.25) is 0 Å². The first-order valence-corrected chi connectivity index (χ1v) is 8.94. The lowest BCUT2D eigenvalue weighted by Crippen LogP contribution is -2.38. The van der Waals surface area contributed by atoms with Crippen molar-refractivity contribution in [3.63, 3.8) is 0 Å². The van der Waals surface area contributed by atoms with E-state index in [9.17, 15) is 0 Å². The zero-order valence-electron chi connectivity index (χ0n) is 13.9. The quantitative estimate of drug-likeness (QED) is 0.873. The molecule has 4 heterocycles. The van der Waals surface area contributed by atoms with Crippen LogP contribution >= 0.6 is 0 Å². The zero-order valence-corrected chi connectivity index (χ0v) is 13.9. The molecule has 124 valence electrons. The second-order valence-electron chi connectivity index (χ2n) is 7.00. The SMILES string of the molecule is Cc1cc2nc([C@H]3CCCCN3CC3CCOCC3)ccn2n1. The molecule has 2 aromatic rings. The minimum atomic E-state index is 0.465. The molecule has 0 N–H and O–H groups in total. The van der Waals surface area contributed by atoms with Gasteiger partial charge in [-0.3, -0.25) is 4.90 Å². The lowest BCUT2D eigenvalue weighted by molar-refractivity contribution is 0.0377. The fourth-order valence-electron chi connectivity index (χ4n) is 4.00. The van der Waals surface area contributed by atoms with Gasteiger partial charge in [-0.15, -0.1) is 0 Å². The number of hydrogen-bond acceptors (Lipinski definition) is 4. The van der Waals surface area contributed by atoms with Gasteiger partial charge in [0.2, 0.25) is 0 Å². The molecular weight excluding hydrogens is 288 g/mol. The molecule has 0 spiro atoms. The molecule has 0 aromatic carbocycles. The predicted molar refractivity (Wildman–Crippen MR) is 89.4 cm³/mol. The Hall–Kier alpha value is -1.46. The summed E-state index contributed by atoms with van der Waals surface area (Å²) in [5, 5.41) is 4.44. The standard InChI is InChI=1S/C18H26N4O/c1-14-12-18-19-16(5-9-22(18)20-14)17-4-2-3-8-21(17)13-15-6-10-23-11-7-15/h5,9,12,15,17H,2-4,6-8,10-11,13H2,1H3/t17-/m1/s1. The number of likely N-dealkylation sites (tertiary alicyclic amines) is 1. The van der Waals surface area contributed by atoms with E-state index in [1.165, 1.54) is 50.9 Å². The molecule has 2 fully saturated rings. The van der Waals surface area contributed by atoms with Crippen LogP contribution in [0.15, 0.2) is 18.3 Å². The van der Waals surface area contributed by atoms with Crippen LogP contribution in [0.4, 0.5) is 0 Å². The maximum absolute atomic E-state index is 5.51. The van der Waals surface area contributed by atoms with E-state index in [1.54, 1.807) is 0 Å². The molecule has 2 aliphatic heterocycles. The molecule has 0 bridgehead atoms. The Kier molecular flexibility index (Phi) is 4.31. The number of nitrogens with zero attached hydrogens (tertiary/aromatic N) is 4. The Labute approximate surface area is 137 Å². The van der Waals surface area contributed by atoms with E-state index in [1.807, 2.05) is 11.4 Å². The van der Waals surface area contributed by atoms with Crippen LogP contribution < -0.4 is 0 Å². The van der Waals surface area contributed by atoms with Gasteiger partial charge in [-0.2, -0.15) is 5.10 Å². The first-order chi connectivity index (χ1) is 11.3. The summed E-state index contributed by atoms with van der Waals surface area (Å²) in [7, 11) is 0. The minimum absolute atomic E-state index is 0.465. The van der Waals surface area contributed by atoms with E-state index in [4.69, 9.17) is 9.72 Å². The Morgan fingerprint density at radius 1 is 1.22 bits per heavy atom. The summed E-state index contributed by atoms with van der Waals surface area (Å²) in [6, 6.07) is 4.69. The largest absolute Gasteiger partial charge is 0.381 e. The van der Waals surface area contributed by atoms with Crippen molar-refractivity contribution in [3.05, 3.63) is 29.7 Å². The van der Waals surface area contributed by atoms with Gasteiger partial charge in [-0.05, 0) is 51.1 Å². The number of aromatic nitrogens is 3. The average Bonchev–Trinajstić information content (AvgIpc) is 2.95. The van der Waals surface area contributed by atoms with Crippen LogP contribution in [-0.4, -0.2) is 45.8 Å². The highest BCUT2D eigenvalue weighted by atomic mass is 16.5. The molecule has 0 aliphatic carbocycles. The van der Waals surface area contributed by atoms with Crippen molar-refractivity contribution >= 4 is 5.65 Å². The van der Waals surface area contributed by atoms with E-state index >= 15 is 0 Å². The van der Waals surface area contributed by atoms with E-state index < -0.39 is 0 Å². The van der Waals surface area contributed by atoms with Crippen molar-refractivity contribution < 1.29 is 4.74 Å². The van der Waals surface area contributed by atoms with Gasteiger partial charge in [0.25, 0.3) is 0 Å². The molecule has 5 heteroatoms. The summed E-state index contributed by atoms with van der Waals surface area (Å²) >= 11 is 0. The molecule has 4 rings (SSSR count). The number of piperidine rings is 1. The monoisotopic (exact) mass is 314 g/mol. The summed E-state index contributed by atoms with van der Waals surface area (Å²) in [6.45, 7) is 6.28. The van der Waals surface area contributed by atoms with Crippen molar-refractivity contribution in [2.45, 2.75) is 45.1 Å². The van der Waals surface area contributed by atoms with Crippen LogP contribution in [0.25, 0.3) is 5.65 Å². The molecule has 2 saturated heterocycles. The normalized spacial score (nSPS) is 24.3. The maximum Gasteiger partial charge on any atom is 0.155 e. The second-order valence-corrected chi connectivity index (χ2v) is 7.00. The summed E-state index contributed by atoms with van der Waals surface area (Å²) < 4.78 is 7.39. The third-order valence-corrected chi connectivity index (χ3v) is 5.26. The van der Waals surface area contributed by atoms with Gasteiger partial charge in [-0.1, -0.05) is 6.42 Å². The highest BCUT2D eigenvalue weighted by molar-refractivity contribution is 5.39. The van der Waals surface area contributed by atoms with Crippen LogP contribution in [0.1, 0.15) is 49.5 Å². The Morgan fingerprint density at radius 3 is 2.96 bits per heavy atom. The van der Waals surface area contributed by atoms with Crippen LogP contribution in [0.3, 0.4) is 0 Å². The van der Waals surface area contributed by atoms with Crippen molar-refractivity contribution in [1.29, 1.82) is 0 Å². The smallest absolute Gasteiger partial charge is 0.155 e. The summed E-state index contributed by atoms with van der Waals surface area (Å²) in [4.78, 5) is 7.57. The Balaban J connectivity index is 1.55. The van der Waals surface area contributed by atoms with Gasteiger partial charge in [0.15, 0.2) is 5.65 Å². The maximum atomic E-state index is 5.51.